The molecule has 0 unspecified atom stereocenters. The Morgan fingerprint density at radius 2 is 1.95 bits per heavy atom. The number of rotatable bonds is 4. The number of hydrogen-bond acceptors (Lipinski definition) is 3. The molecule has 19 heavy (non-hydrogen) atoms. The van der Waals surface area contributed by atoms with Crippen molar-refractivity contribution in [2.75, 3.05) is 25.5 Å². The summed E-state index contributed by atoms with van der Waals surface area (Å²) in [7, 11) is 3.08. The van der Waals surface area contributed by atoms with Crippen LogP contribution in [-0.4, -0.2) is 42.6 Å². The fourth-order valence-electron chi connectivity index (χ4n) is 1.62. The largest absolute Gasteiger partial charge is 0.478 e. The number of benzene rings is 1. The number of urea groups is 1. The van der Waals surface area contributed by atoms with Gasteiger partial charge in [0.05, 0.1) is 23.7 Å². The number of carboxylic acid groups (broad SMARTS) is 1. The van der Waals surface area contributed by atoms with E-state index < -0.39 is 5.97 Å². The first-order valence-electron chi connectivity index (χ1n) is 5.67. The molecule has 0 aliphatic heterocycles. The van der Waals surface area contributed by atoms with Gasteiger partial charge in [0.15, 0.2) is 0 Å². The van der Waals surface area contributed by atoms with E-state index in [9.17, 15) is 9.59 Å². The molecule has 6 heteroatoms. The van der Waals surface area contributed by atoms with Gasteiger partial charge >= 0.3 is 12.0 Å². The number of carbonyl (C=O) groups excluding carboxylic acids is 1. The predicted molar refractivity (Wildman–Crippen MR) is 70.1 cm³/mol. The van der Waals surface area contributed by atoms with Crippen molar-refractivity contribution in [1.29, 1.82) is 5.26 Å². The summed E-state index contributed by atoms with van der Waals surface area (Å²) in [5.41, 5.74) is 0.385. The molecule has 0 heterocycles. The Kier molecular flexibility index (Phi) is 4.89. The average Bonchev–Trinajstić information content (AvgIpc) is 2.42. The van der Waals surface area contributed by atoms with Crippen LogP contribution in [0, 0.1) is 11.3 Å². The van der Waals surface area contributed by atoms with Gasteiger partial charge in [-0.1, -0.05) is 12.1 Å². The number of carbonyl (C=O) groups is 2. The molecule has 0 atom stereocenters. The molecule has 1 N–H and O–H groups in total. The molecule has 0 radical (unpaired) electrons. The zero-order chi connectivity index (χ0) is 14.4. The summed E-state index contributed by atoms with van der Waals surface area (Å²) in [6, 6.07) is 7.88. The van der Waals surface area contributed by atoms with E-state index in [-0.39, 0.29) is 18.0 Å². The maximum atomic E-state index is 12.1. The maximum Gasteiger partial charge on any atom is 0.337 e. The lowest BCUT2D eigenvalue weighted by Crippen LogP contribution is -2.39. The number of hydrogen-bond donors (Lipinski definition) is 1. The number of carboxylic acids is 1. The van der Waals surface area contributed by atoms with Gasteiger partial charge in [-0.15, -0.1) is 0 Å². The molecular formula is C13H15N3O3. The quantitative estimate of drug-likeness (QED) is 0.895. The summed E-state index contributed by atoms with van der Waals surface area (Å²) >= 11 is 0. The molecule has 0 spiro atoms. The molecule has 0 aromatic heterocycles. The first-order valence-corrected chi connectivity index (χ1v) is 5.67. The first kappa shape index (κ1) is 14.5. The molecule has 6 nitrogen and oxygen atoms in total. The molecule has 0 fully saturated rings. The van der Waals surface area contributed by atoms with Gasteiger partial charge in [0.2, 0.25) is 0 Å². The summed E-state index contributed by atoms with van der Waals surface area (Å²) < 4.78 is 0. The number of para-hydroxylation sites is 1. The zero-order valence-corrected chi connectivity index (χ0v) is 10.8. The molecule has 1 aromatic carbocycles. The maximum absolute atomic E-state index is 12.1. The smallest absolute Gasteiger partial charge is 0.337 e. The molecule has 0 bridgehead atoms. The lowest BCUT2D eigenvalue weighted by molar-refractivity contribution is 0.0697. The van der Waals surface area contributed by atoms with E-state index in [4.69, 9.17) is 10.4 Å². The SMILES string of the molecule is CN(CCC#N)C(=O)N(C)c1ccccc1C(=O)O. The van der Waals surface area contributed by atoms with Crippen LogP contribution in [-0.2, 0) is 0 Å². The first-order chi connectivity index (χ1) is 8.99. The van der Waals surface area contributed by atoms with Gasteiger partial charge in [-0.3, -0.25) is 4.90 Å². The van der Waals surface area contributed by atoms with Crippen molar-refractivity contribution in [3.05, 3.63) is 29.8 Å². The fraction of sp³-hybridized carbons (Fsp3) is 0.308. The normalized spacial score (nSPS) is 9.53. The molecular weight excluding hydrogens is 246 g/mol. The van der Waals surface area contributed by atoms with Crippen LogP contribution in [0.5, 0.6) is 0 Å². The van der Waals surface area contributed by atoms with E-state index in [0.717, 1.165) is 0 Å². The monoisotopic (exact) mass is 261 g/mol. The van der Waals surface area contributed by atoms with E-state index >= 15 is 0 Å². The third kappa shape index (κ3) is 3.45. The lowest BCUT2D eigenvalue weighted by atomic mass is 10.1. The van der Waals surface area contributed by atoms with Crippen molar-refractivity contribution in [3.63, 3.8) is 0 Å². The Morgan fingerprint density at radius 1 is 1.32 bits per heavy atom. The average molecular weight is 261 g/mol. The van der Waals surface area contributed by atoms with Crippen molar-refractivity contribution in [2.24, 2.45) is 0 Å². The van der Waals surface area contributed by atoms with Crippen molar-refractivity contribution in [2.45, 2.75) is 6.42 Å². The minimum absolute atomic E-state index is 0.0621. The van der Waals surface area contributed by atoms with Crippen LogP contribution in [0.25, 0.3) is 0 Å². The van der Waals surface area contributed by atoms with Crippen LogP contribution in [0.3, 0.4) is 0 Å². The van der Waals surface area contributed by atoms with Gasteiger partial charge in [-0.05, 0) is 12.1 Å². The zero-order valence-electron chi connectivity index (χ0n) is 10.8. The van der Waals surface area contributed by atoms with Crippen molar-refractivity contribution < 1.29 is 14.7 Å². The number of nitrogens with zero attached hydrogens (tertiary/aromatic N) is 3. The summed E-state index contributed by atoms with van der Waals surface area (Å²) in [6.07, 6.45) is 0.233. The molecule has 0 aliphatic rings. The van der Waals surface area contributed by atoms with E-state index in [0.29, 0.717) is 12.2 Å². The van der Waals surface area contributed by atoms with E-state index in [1.165, 1.54) is 22.9 Å². The van der Waals surface area contributed by atoms with Crippen LogP contribution in [0.1, 0.15) is 16.8 Å². The highest BCUT2D eigenvalue weighted by Crippen LogP contribution is 2.20. The molecule has 0 aliphatic carbocycles. The molecule has 0 saturated heterocycles. The Morgan fingerprint density at radius 3 is 2.53 bits per heavy atom. The van der Waals surface area contributed by atoms with E-state index in [1.54, 1.807) is 25.2 Å². The molecule has 0 saturated carbocycles. The van der Waals surface area contributed by atoms with Crippen molar-refractivity contribution >= 4 is 17.7 Å². The lowest BCUT2D eigenvalue weighted by Gasteiger charge is -2.25. The highest BCUT2D eigenvalue weighted by molar-refractivity contribution is 6.01. The van der Waals surface area contributed by atoms with Gasteiger partial charge in [0.25, 0.3) is 0 Å². The predicted octanol–water partition coefficient (Wildman–Crippen LogP) is 1.79. The third-order valence-electron chi connectivity index (χ3n) is 2.67. The summed E-state index contributed by atoms with van der Waals surface area (Å²) in [4.78, 5) is 25.8. The summed E-state index contributed by atoms with van der Waals surface area (Å²) in [5, 5.41) is 17.6. The fourth-order valence-corrected chi connectivity index (χ4v) is 1.62. The van der Waals surface area contributed by atoms with Gasteiger partial charge in [-0.25, -0.2) is 9.59 Å². The summed E-state index contributed by atoms with van der Waals surface area (Å²) in [5.74, 6) is -1.09. The van der Waals surface area contributed by atoms with E-state index in [1.807, 2.05) is 6.07 Å². The van der Waals surface area contributed by atoms with Crippen LogP contribution in [0.15, 0.2) is 24.3 Å². The topological polar surface area (TPSA) is 84.6 Å². The second kappa shape index (κ2) is 6.40. The van der Waals surface area contributed by atoms with Gasteiger partial charge in [0, 0.05) is 20.6 Å². The molecule has 100 valence electrons. The Labute approximate surface area is 111 Å². The minimum atomic E-state index is -1.09. The second-order valence-electron chi connectivity index (χ2n) is 3.99. The standard InChI is InChI=1S/C13H15N3O3/c1-15(9-5-8-14)13(19)16(2)11-7-4-3-6-10(11)12(17)18/h3-4,6-7H,5,9H2,1-2H3,(H,17,18). The van der Waals surface area contributed by atoms with Crippen LogP contribution >= 0.6 is 0 Å². The third-order valence-corrected chi connectivity index (χ3v) is 2.67. The van der Waals surface area contributed by atoms with Crippen LogP contribution in [0.4, 0.5) is 10.5 Å². The molecule has 1 rings (SSSR count). The van der Waals surface area contributed by atoms with Gasteiger partial charge in [0.1, 0.15) is 0 Å². The highest BCUT2D eigenvalue weighted by atomic mass is 16.4. The van der Waals surface area contributed by atoms with Crippen LogP contribution < -0.4 is 4.90 Å². The summed E-state index contributed by atoms with van der Waals surface area (Å²) in [6.45, 7) is 0.301. The van der Waals surface area contributed by atoms with Gasteiger partial charge in [-0.2, -0.15) is 5.26 Å². The molecule has 2 amide bonds. The second-order valence-corrected chi connectivity index (χ2v) is 3.99. The Bertz CT molecular complexity index is 522. The number of nitriles is 1. The Hall–Kier alpha value is -2.55. The number of anilines is 1. The molecule has 1 aromatic rings. The van der Waals surface area contributed by atoms with Gasteiger partial charge < -0.3 is 10.0 Å². The van der Waals surface area contributed by atoms with Crippen molar-refractivity contribution in [3.8, 4) is 6.07 Å². The minimum Gasteiger partial charge on any atom is -0.478 e. The number of aromatic carboxylic acids is 1. The van der Waals surface area contributed by atoms with Crippen LogP contribution in [0.2, 0.25) is 0 Å². The van der Waals surface area contributed by atoms with Crippen molar-refractivity contribution in [1.82, 2.24) is 4.90 Å². The number of amides is 2. The van der Waals surface area contributed by atoms with E-state index in [2.05, 4.69) is 0 Å². The Balaban J connectivity index is 2.94. The highest BCUT2D eigenvalue weighted by Gasteiger charge is 2.20.